The van der Waals surface area contributed by atoms with Gasteiger partial charge in [0.1, 0.15) is 17.9 Å². The van der Waals surface area contributed by atoms with Gasteiger partial charge in [0.05, 0.1) is 27.3 Å². The van der Waals surface area contributed by atoms with Crippen LogP contribution in [0.2, 0.25) is 10.0 Å². The third-order valence-corrected chi connectivity index (χ3v) is 6.84. The molecule has 1 amide bonds. The van der Waals surface area contributed by atoms with Crippen molar-refractivity contribution in [2.24, 2.45) is 0 Å². The van der Waals surface area contributed by atoms with Crippen LogP contribution in [0.25, 0.3) is 0 Å². The third-order valence-electron chi connectivity index (χ3n) is 6.10. The van der Waals surface area contributed by atoms with Crippen LogP contribution < -0.4 is 15.6 Å². The highest BCUT2D eigenvalue weighted by Gasteiger charge is 2.37. The number of carboxylic acids is 1. The number of aromatic nitrogens is 1. The number of carbonyl (C=O) groups excluding carboxylic acids is 1. The van der Waals surface area contributed by atoms with Crippen LogP contribution in [0, 0.1) is 0 Å². The molecule has 0 aliphatic carbocycles. The molecule has 2 aromatic rings. The Balaban J connectivity index is 1.56. The number of halogens is 5. The predicted octanol–water partition coefficient (Wildman–Crippen LogP) is 3.45. The molecule has 3 N–H and O–H groups in total. The topological polar surface area (TPSA) is 121 Å². The fraction of sp³-hybridized carbons (Fsp3) is 0.458. The van der Waals surface area contributed by atoms with Crippen LogP contribution in [0.3, 0.4) is 0 Å². The van der Waals surface area contributed by atoms with Crippen LogP contribution in [0.4, 0.5) is 13.2 Å². The number of benzene rings is 1. The maximum absolute atomic E-state index is 13.5. The van der Waals surface area contributed by atoms with Crippen LogP contribution in [-0.2, 0) is 11.0 Å². The van der Waals surface area contributed by atoms with Gasteiger partial charge < -0.3 is 29.7 Å². The highest BCUT2D eigenvalue weighted by atomic mass is 35.5. The summed E-state index contributed by atoms with van der Waals surface area (Å²) in [6, 6.07) is 3.67. The van der Waals surface area contributed by atoms with Crippen LogP contribution in [-0.4, -0.2) is 69.9 Å². The summed E-state index contributed by atoms with van der Waals surface area (Å²) in [6.45, 7) is 2.05. The highest BCUT2D eigenvalue weighted by Crippen LogP contribution is 2.31. The van der Waals surface area contributed by atoms with Crippen molar-refractivity contribution in [3.63, 3.8) is 0 Å². The average Bonchev–Trinajstić information content (AvgIpc) is 2.84. The Morgan fingerprint density at radius 2 is 1.84 bits per heavy atom. The van der Waals surface area contributed by atoms with Crippen molar-refractivity contribution in [3.8, 4) is 5.75 Å². The van der Waals surface area contributed by atoms with Gasteiger partial charge in [0, 0.05) is 44.5 Å². The van der Waals surface area contributed by atoms with Gasteiger partial charge in [-0.3, -0.25) is 9.59 Å². The van der Waals surface area contributed by atoms with Gasteiger partial charge in [0.15, 0.2) is 0 Å². The molecular weight excluding hydrogens is 554 g/mol. The number of ether oxygens (including phenoxy) is 1. The van der Waals surface area contributed by atoms with E-state index in [9.17, 15) is 32.7 Å². The summed E-state index contributed by atoms with van der Waals surface area (Å²) in [5.41, 5.74) is -3.62. The number of likely N-dealkylation sites (tertiary alicyclic amines) is 1. The van der Waals surface area contributed by atoms with Crippen molar-refractivity contribution in [1.82, 2.24) is 14.8 Å². The number of aliphatic hydroxyl groups is 1. The van der Waals surface area contributed by atoms with Gasteiger partial charge in [0.25, 0.3) is 11.5 Å². The second-order valence-electron chi connectivity index (χ2n) is 8.92. The van der Waals surface area contributed by atoms with Crippen molar-refractivity contribution in [3.05, 3.63) is 62.0 Å². The molecule has 0 radical (unpaired) electrons. The number of pyridine rings is 1. The van der Waals surface area contributed by atoms with E-state index in [0.29, 0.717) is 52.5 Å². The molecule has 0 bridgehead atoms. The zero-order valence-electron chi connectivity index (χ0n) is 20.2. The largest absolute Gasteiger partial charge is 0.490 e. The molecule has 0 saturated carbocycles. The molecule has 1 fully saturated rings. The number of piperidine rings is 1. The van der Waals surface area contributed by atoms with Crippen LogP contribution in [0.1, 0.15) is 41.7 Å². The van der Waals surface area contributed by atoms with Crippen molar-refractivity contribution < 1.29 is 37.7 Å². The molecule has 1 aliphatic heterocycles. The van der Waals surface area contributed by atoms with Gasteiger partial charge in [0.2, 0.25) is 0 Å². The monoisotopic (exact) mass is 579 g/mol. The smallest absolute Gasteiger partial charge is 0.417 e. The number of aliphatic carboxylic acids is 1. The molecule has 9 nitrogen and oxygen atoms in total. The van der Waals surface area contributed by atoms with Crippen LogP contribution >= 0.6 is 23.2 Å². The molecule has 1 aliphatic rings. The first-order chi connectivity index (χ1) is 17.8. The zero-order valence-corrected chi connectivity index (χ0v) is 21.7. The molecule has 14 heteroatoms. The van der Waals surface area contributed by atoms with E-state index >= 15 is 0 Å². The lowest BCUT2D eigenvalue weighted by molar-refractivity contribution is -0.140. The fourth-order valence-electron chi connectivity index (χ4n) is 4.01. The molecule has 3 rings (SSSR count). The van der Waals surface area contributed by atoms with E-state index in [4.69, 9.17) is 33.0 Å². The first-order valence-electron chi connectivity index (χ1n) is 11.6. The number of hydrogen-bond donors (Lipinski definition) is 3. The van der Waals surface area contributed by atoms with Gasteiger partial charge in [-0.25, -0.2) is 4.79 Å². The molecule has 1 saturated heterocycles. The maximum Gasteiger partial charge on any atom is 0.417 e. The Labute approximate surface area is 225 Å². The Hall–Kier alpha value is -2.80. The lowest BCUT2D eigenvalue weighted by atomic mass is 10.1. The maximum atomic E-state index is 13.5. The van der Waals surface area contributed by atoms with E-state index in [-0.39, 0.29) is 25.3 Å². The summed E-state index contributed by atoms with van der Waals surface area (Å²) >= 11 is 11.9. The normalized spacial score (nSPS) is 16.6. The molecule has 2 heterocycles. The Morgan fingerprint density at radius 3 is 2.42 bits per heavy atom. The van der Waals surface area contributed by atoms with E-state index in [1.54, 1.807) is 18.2 Å². The number of carbonyl (C=O) groups is 2. The number of nitrogens with one attached hydrogen (secondary N) is 1. The van der Waals surface area contributed by atoms with E-state index in [1.165, 1.54) is 0 Å². The summed E-state index contributed by atoms with van der Waals surface area (Å²) < 4.78 is 46.9. The second kappa shape index (κ2) is 12.4. The zero-order chi connectivity index (χ0) is 28.2. The summed E-state index contributed by atoms with van der Waals surface area (Å²) in [5, 5.41) is 22.5. The minimum atomic E-state index is -5.03. The van der Waals surface area contributed by atoms with Gasteiger partial charge in [-0.1, -0.05) is 23.2 Å². The minimum Gasteiger partial charge on any atom is -0.490 e. The summed E-state index contributed by atoms with van der Waals surface area (Å²) in [7, 11) is 0. The highest BCUT2D eigenvalue weighted by molar-refractivity contribution is 6.42. The number of rotatable bonds is 9. The standard InChI is InChI=1S/C24H26Cl2F3N3O6/c1-13(23(36)37)32-12-17(18(9-21(32)34)24(27,28)29)22(35)30-10-14(33)11-31-6-4-15(5-7-31)38-16-2-3-19(25)20(26)8-16/h2-3,8-9,12-15,33H,4-7,10-11H2,1H3,(H,30,35)(H,36,37)/t13?,14-/m1/s1. The Morgan fingerprint density at radius 1 is 1.18 bits per heavy atom. The lowest BCUT2D eigenvalue weighted by Gasteiger charge is -2.33. The SMILES string of the molecule is CC(C(=O)O)n1cc(C(=O)NC[C@@H](O)CN2CCC(Oc3ccc(Cl)c(Cl)c3)CC2)c(C(F)(F)F)cc1=O. The number of hydrogen-bond acceptors (Lipinski definition) is 6. The molecule has 1 unspecified atom stereocenters. The van der Waals surface area contributed by atoms with E-state index in [2.05, 4.69) is 5.32 Å². The van der Waals surface area contributed by atoms with Crippen molar-refractivity contribution in [2.45, 2.75) is 44.2 Å². The van der Waals surface area contributed by atoms with Gasteiger partial charge in [-0.15, -0.1) is 0 Å². The van der Waals surface area contributed by atoms with E-state index in [1.807, 2.05) is 4.90 Å². The number of carboxylic acid groups (broad SMARTS) is 1. The van der Waals surface area contributed by atoms with Crippen molar-refractivity contribution in [1.29, 1.82) is 0 Å². The summed E-state index contributed by atoms with van der Waals surface area (Å²) in [4.78, 5) is 37.8. The van der Waals surface area contributed by atoms with E-state index in [0.717, 1.165) is 6.92 Å². The lowest BCUT2D eigenvalue weighted by Crippen LogP contribution is -2.45. The fourth-order valence-corrected chi connectivity index (χ4v) is 4.29. The van der Waals surface area contributed by atoms with E-state index < -0.39 is 46.9 Å². The number of alkyl halides is 3. The van der Waals surface area contributed by atoms with Gasteiger partial charge in [-0.05, 0) is 31.9 Å². The number of nitrogens with zero attached hydrogens (tertiary/aromatic N) is 2. The minimum absolute atomic E-state index is 0.0787. The molecule has 1 aromatic carbocycles. The summed E-state index contributed by atoms with van der Waals surface area (Å²) in [6.07, 6.45) is -4.33. The van der Waals surface area contributed by atoms with Gasteiger partial charge >= 0.3 is 12.1 Å². The Kier molecular flexibility index (Phi) is 9.69. The number of aliphatic hydroxyl groups excluding tert-OH is 1. The summed E-state index contributed by atoms with van der Waals surface area (Å²) in [5.74, 6) is -2.07. The Bertz CT molecular complexity index is 1230. The molecule has 0 spiro atoms. The number of amides is 1. The predicted molar refractivity (Wildman–Crippen MR) is 133 cm³/mol. The quantitative estimate of drug-likeness (QED) is 0.416. The number of β-amino-alcohol motifs (C(OH)–C–C–N with tert-alkyl or cyclic N) is 1. The average molecular weight is 580 g/mol. The molecule has 1 aromatic heterocycles. The molecule has 38 heavy (non-hydrogen) atoms. The van der Waals surface area contributed by atoms with Crippen molar-refractivity contribution in [2.75, 3.05) is 26.2 Å². The first kappa shape index (κ1) is 29.8. The second-order valence-corrected chi connectivity index (χ2v) is 9.73. The van der Waals surface area contributed by atoms with Crippen molar-refractivity contribution >= 4 is 35.1 Å². The third kappa shape index (κ3) is 7.62. The van der Waals surface area contributed by atoms with Crippen LogP contribution in [0.5, 0.6) is 5.75 Å². The first-order valence-corrected chi connectivity index (χ1v) is 12.4. The van der Waals surface area contributed by atoms with Crippen LogP contribution in [0.15, 0.2) is 35.3 Å². The molecule has 208 valence electrons. The molecular formula is C24H26Cl2F3N3O6. The van der Waals surface area contributed by atoms with Gasteiger partial charge in [-0.2, -0.15) is 13.2 Å². The molecule has 2 atom stereocenters.